The third kappa shape index (κ3) is 2.10. The first-order chi connectivity index (χ1) is 6.57. The lowest BCUT2D eigenvalue weighted by Gasteiger charge is -2.13. The lowest BCUT2D eigenvalue weighted by Crippen LogP contribution is -2.07. The molecule has 1 atom stereocenters. The van der Waals surface area contributed by atoms with Gasteiger partial charge < -0.3 is 5.73 Å². The molecular weight excluding hydrogens is 184 g/mol. The fraction of sp³-hybridized carbons (Fsp3) is 0.455. The molecule has 0 saturated heterocycles. The highest BCUT2D eigenvalue weighted by atomic mass is 19.1. The normalized spacial score (nSPS) is 12.9. The largest absolute Gasteiger partial charge is 0.330 e. The zero-order chi connectivity index (χ0) is 10.7. The van der Waals surface area contributed by atoms with Gasteiger partial charge in [-0.1, -0.05) is 13.0 Å². The number of nitrogens with two attached hydrogens (primary N) is 1. The molecule has 1 rings (SSSR count). The van der Waals surface area contributed by atoms with Crippen LogP contribution < -0.4 is 5.73 Å². The van der Waals surface area contributed by atoms with Gasteiger partial charge in [0.15, 0.2) is 0 Å². The number of hydrogen-bond donors (Lipinski definition) is 1. The summed E-state index contributed by atoms with van der Waals surface area (Å²) in [6.07, 6.45) is 0.710. The lowest BCUT2D eigenvalue weighted by molar-refractivity contribution is 0.540. The summed E-state index contributed by atoms with van der Waals surface area (Å²) < 4.78 is 26.5. The van der Waals surface area contributed by atoms with Gasteiger partial charge in [0, 0.05) is 5.56 Å². The number of hydrogen-bond acceptors (Lipinski definition) is 1. The summed E-state index contributed by atoms with van der Waals surface area (Å²) >= 11 is 0. The predicted octanol–water partition coefficient (Wildman–Crippen LogP) is 2.73. The Bertz CT molecular complexity index is 323. The third-order valence-corrected chi connectivity index (χ3v) is 2.48. The fourth-order valence-electron chi connectivity index (χ4n) is 1.47. The van der Waals surface area contributed by atoms with Crippen LogP contribution in [-0.2, 0) is 0 Å². The average molecular weight is 199 g/mol. The monoisotopic (exact) mass is 199 g/mol. The molecule has 0 saturated carbocycles. The maximum absolute atomic E-state index is 13.6. The van der Waals surface area contributed by atoms with Crippen molar-refractivity contribution in [1.82, 2.24) is 0 Å². The van der Waals surface area contributed by atoms with E-state index in [1.165, 1.54) is 19.1 Å². The molecule has 1 unspecified atom stereocenters. The van der Waals surface area contributed by atoms with Crippen molar-refractivity contribution < 1.29 is 8.78 Å². The average Bonchev–Trinajstić information content (AvgIpc) is 2.15. The van der Waals surface area contributed by atoms with Crippen molar-refractivity contribution in [3.8, 4) is 0 Å². The zero-order valence-corrected chi connectivity index (χ0v) is 8.48. The Labute approximate surface area is 82.9 Å². The standard InChI is InChI=1S/C11H15F2N/c1-7(5-6-14)9-3-4-10(12)8(2)11(9)13/h3-4,7H,5-6,14H2,1-2H3. The maximum Gasteiger partial charge on any atom is 0.132 e. The first-order valence-corrected chi connectivity index (χ1v) is 4.72. The number of rotatable bonds is 3. The molecule has 0 amide bonds. The van der Waals surface area contributed by atoms with Crippen LogP contribution in [0.3, 0.4) is 0 Å². The van der Waals surface area contributed by atoms with Gasteiger partial charge in [-0.3, -0.25) is 0 Å². The third-order valence-electron chi connectivity index (χ3n) is 2.48. The predicted molar refractivity (Wildman–Crippen MR) is 53.2 cm³/mol. The zero-order valence-electron chi connectivity index (χ0n) is 8.48. The number of halogens is 2. The molecule has 0 bridgehead atoms. The summed E-state index contributed by atoms with van der Waals surface area (Å²) in [6.45, 7) is 3.85. The highest BCUT2D eigenvalue weighted by Crippen LogP contribution is 2.24. The van der Waals surface area contributed by atoms with Crippen LogP contribution in [0.25, 0.3) is 0 Å². The van der Waals surface area contributed by atoms with Crippen LogP contribution in [0.15, 0.2) is 12.1 Å². The minimum atomic E-state index is -0.494. The Morgan fingerprint density at radius 3 is 2.57 bits per heavy atom. The fourth-order valence-corrected chi connectivity index (χ4v) is 1.47. The van der Waals surface area contributed by atoms with E-state index < -0.39 is 11.6 Å². The van der Waals surface area contributed by atoms with Gasteiger partial charge in [0.1, 0.15) is 11.6 Å². The van der Waals surface area contributed by atoms with Crippen LogP contribution in [0.2, 0.25) is 0 Å². The molecule has 0 spiro atoms. The van der Waals surface area contributed by atoms with Crippen LogP contribution in [0.5, 0.6) is 0 Å². The second-order valence-corrected chi connectivity index (χ2v) is 3.55. The van der Waals surface area contributed by atoms with Gasteiger partial charge in [0.25, 0.3) is 0 Å². The molecule has 3 heteroatoms. The second kappa shape index (κ2) is 4.51. The summed E-state index contributed by atoms with van der Waals surface area (Å²) in [6, 6.07) is 2.80. The minimum Gasteiger partial charge on any atom is -0.330 e. The topological polar surface area (TPSA) is 26.0 Å². The Balaban J connectivity index is 3.04. The van der Waals surface area contributed by atoms with Gasteiger partial charge in [0.05, 0.1) is 0 Å². The molecule has 0 aliphatic rings. The molecule has 1 aromatic carbocycles. The van der Waals surface area contributed by atoms with E-state index in [9.17, 15) is 8.78 Å². The first-order valence-electron chi connectivity index (χ1n) is 4.72. The second-order valence-electron chi connectivity index (χ2n) is 3.55. The summed E-state index contributed by atoms with van der Waals surface area (Å²) in [7, 11) is 0. The molecule has 0 aromatic heterocycles. The Morgan fingerprint density at radius 1 is 1.36 bits per heavy atom. The molecule has 1 aromatic rings. The highest BCUT2D eigenvalue weighted by Gasteiger charge is 2.14. The van der Waals surface area contributed by atoms with Crippen LogP contribution in [0, 0.1) is 18.6 Å². The molecule has 1 nitrogen and oxygen atoms in total. The van der Waals surface area contributed by atoms with Crippen molar-refractivity contribution in [2.75, 3.05) is 6.54 Å². The Hall–Kier alpha value is -0.960. The van der Waals surface area contributed by atoms with E-state index in [0.29, 0.717) is 18.5 Å². The molecular formula is C11H15F2N. The van der Waals surface area contributed by atoms with Crippen molar-refractivity contribution in [2.24, 2.45) is 5.73 Å². The Kier molecular flexibility index (Phi) is 3.58. The summed E-state index contributed by atoms with van der Waals surface area (Å²) in [5, 5.41) is 0. The summed E-state index contributed by atoms with van der Waals surface area (Å²) in [5.74, 6) is -0.892. The van der Waals surface area contributed by atoms with E-state index >= 15 is 0 Å². The van der Waals surface area contributed by atoms with Crippen molar-refractivity contribution in [3.05, 3.63) is 34.9 Å². The highest BCUT2D eigenvalue weighted by molar-refractivity contribution is 5.28. The van der Waals surface area contributed by atoms with E-state index in [0.717, 1.165) is 0 Å². The maximum atomic E-state index is 13.6. The first kappa shape index (κ1) is 11.1. The molecule has 0 heterocycles. The van der Waals surface area contributed by atoms with E-state index in [2.05, 4.69) is 0 Å². The van der Waals surface area contributed by atoms with Gasteiger partial charge >= 0.3 is 0 Å². The van der Waals surface area contributed by atoms with Crippen molar-refractivity contribution in [3.63, 3.8) is 0 Å². The molecule has 14 heavy (non-hydrogen) atoms. The van der Waals surface area contributed by atoms with Gasteiger partial charge in [-0.05, 0) is 37.4 Å². The number of benzene rings is 1. The molecule has 2 N–H and O–H groups in total. The van der Waals surface area contributed by atoms with E-state index in [1.54, 1.807) is 0 Å². The summed E-state index contributed by atoms with van der Waals surface area (Å²) in [4.78, 5) is 0. The van der Waals surface area contributed by atoms with E-state index in [4.69, 9.17) is 5.73 Å². The lowest BCUT2D eigenvalue weighted by atomic mass is 9.95. The van der Waals surface area contributed by atoms with Crippen molar-refractivity contribution >= 4 is 0 Å². The van der Waals surface area contributed by atoms with Crippen molar-refractivity contribution in [1.29, 1.82) is 0 Å². The summed E-state index contributed by atoms with van der Waals surface area (Å²) in [5.41, 5.74) is 6.03. The SMILES string of the molecule is Cc1c(F)ccc(C(C)CCN)c1F. The van der Waals surface area contributed by atoms with Crippen LogP contribution in [0.4, 0.5) is 8.78 Å². The van der Waals surface area contributed by atoms with Crippen molar-refractivity contribution in [2.45, 2.75) is 26.2 Å². The molecule has 78 valence electrons. The van der Waals surface area contributed by atoms with E-state index in [-0.39, 0.29) is 11.5 Å². The molecule has 0 aliphatic heterocycles. The van der Waals surface area contributed by atoms with Gasteiger partial charge in [-0.25, -0.2) is 8.78 Å². The van der Waals surface area contributed by atoms with E-state index in [1.807, 2.05) is 6.92 Å². The quantitative estimate of drug-likeness (QED) is 0.795. The van der Waals surface area contributed by atoms with Gasteiger partial charge in [-0.15, -0.1) is 0 Å². The van der Waals surface area contributed by atoms with Gasteiger partial charge in [-0.2, -0.15) is 0 Å². The molecule has 0 aliphatic carbocycles. The molecule has 0 fully saturated rings. The van der Waals surface area contributed by atoms with Crippen LogP contribution in [0.1, 0.15) is 30.4 Å². The molecule has 0 radical (unpaired) electrons. The Morgan fingerprint density at radius 2 is 2.00 bits per heavy atom. The smallest absolute Gasteiger partial charge is 0.132 e. The van der Waals surface area contributed by atoms with Crippen LogP contribution in [-0.4, -0.2) is 6.54 Å². The van der Waals surface area contributed by atoms with Crippen LogP contribution >= 0.6 is 0 Å². The van der Waals surface area contributed by atoms with Gasteiger partial charge in [0.2, 0.25) is 0 Å². The minimum absolute atomic E-state index is 0.0410.